The van der Waals surface area contributed by atoms with Gasteiger partial charge in [0.25, 0.3) is 0 Å². The number of hydrogen-bond acceptors (Lipinski definition) is 4. The molecule has 2 N–H and O–H groups in total. The van der Waals surface area contributed by atoms with E-state index in [4.69, 9.17) is 10.00 Å². The summed E-state index contributed by atoms with van der Waals surface area (Å²) in [6.45, 7) is 3.23. The number of ether oxygens (including phenoxy) is 1. The first kappa shape index (κ1) is 20.4. The van der Waals surface area contributed by atoms with Crippen LogP contribution in [0.2, 0.25) is 0 Å². The molecule has 1 fully saturated rings. The van der Waals surface area contributed by atoms with Crippen LogP contribution in [0.5, 0.6) is 0 Å². The molecule has 5 nitrogen and oxygen atoms in total. The number of aromatic amines is 1. The maximum Gasteiger partial charge on any atom is 0.0991 e. The molecule has 1 saturated heterocycles. The summed E-state index contributed by atoms with van der Waals surface area (Å²) in [6.07, 6.45) is 3.99. The van der Waals surface area contributed by atoms with Crippen molar-refractivity contribution in [1.82, 2.24) is 15.5 Å². The van der Waals surface area contributed by atoms with Gasteiger partial charge in [-0.1, -0.05) is 42.5 Å². The van der Waals surface area contributed by atoms with Crippen molar-refractivity contribution >= 4 is 10.9 Å². The predicted octanol–water partition coefficient (Wildman–Crippen LogP) is 4.94. The first-order valence-electron chi connectivity index (χ1n) is 11.1. The Morgan fingerprint density at radius 1 is 0.969 bits per heavy atom. The highest BCUT2D eigenvalue weighted by Crippen LogP contribution is 2.34. The van der Waals surface area contributed by atoms with Gasteiger partial charge >= 0.3 is 0 Å². The normalized spacial score (nSPS) is 15.5. The van der Waals surface area contributed by atoms with Crippen LogP contribution in [0, 0.1) is 11.3 Å². The number of nitrogens with one attached hydrogen (secondary N) is 2. The minimum Gasteiger partial charge on any atom is -0.376 e. The molecule has 0 bridgehead atoms. The van der Waals surface area contributed by atoms with Crippen LogP contribution < -0.4 is 5.32 Å². The van der Waals surface area contributed by atoms with E-state index < -0.39 is 0 Å². The quantitative estimate of drug-likeness (QED) is 0.462. The lowest BCUT2D eigenvalue weighted by Gasteiger charge is -2.38. The van der Waals surface area contributed by atoms with Crippen molar-refractivity contribution in [1.29, 1.82) is 5.26 Å². The van der Waals surface area contributed by atoms with Crippen LogP contribution in [0.3, 0.4) is 0 Å². The van der Waals surface area contributed by atoms with Crippen molar-refractivity contribution in [2.75, 3.05) is 19.7 Å². The SMILES string of the molecule is N#Cc1ccc(-c2cc(COCC3(c4ccccc4)CCNCC3)c3[nH]ncc3c2)cc1. The van der Waals surface area contributed by atoms with Crippen molar-refractivity contribution in [2.24, 2.45) is 0 Å². The largest absolute Gasteiger partial charge is 0.376 e. The highest BCUT2D eigenvalue weighted by Gasteiger charge is 2.34. The van der Waals surface area contributed by atoms with Crippen LogP contribution in [0.15, 0.2) is 72.9 Å². The summed E-state index contributed by atoms with van der Waals surface area (Å²) in [7, 11) is 0. The molecule has 0 radical (unpaired) electrons. The zero-order chi connectivity index (χ0) is 21.8. The van der Waals surface area contributed by atoms with E-state index in [1.54, 1.807) is 0 Å². The Labute approximate surface area is 188 Å². The number of nitriles is 1. The average molecular weight is 423 g/mol. The summed E-state index contributed by atoms with van der Waals surface area (Å²) >= 11 is 0. The van der Waals surface area contributed by atoms with Gasteiger partial charge in [0, 0.05) is 16.4 Å². The fourth-order valence-electron chi connectivity index (χ4n) is 4.72. The van der Waals surface area contributed by atoms with Crippen molar-refractivity contribution in [3.63, 3.8) is 0 Å². The van der Waals surface area contributed by atoms with E-state index in [0.29, 0.717) is 18.8 Å². The van der Waals surface area contributed by atoms with E-state index >= 15 is 0 Å². The van der Waals surface area contributed by atoms with Gasteiger partial charge in [-0.2, -0.15) is 10.4 Å². The fraction of sp³-hybridized carbons (Fsp3) is 0.259. The summed E-state index contributed by atoms with van der Waals surface area (Å²) in [5.41, 5.74) is 6.35. The maximum atomic E-state index is 9.08. The molecule has 4 aromatic rings. The second-order valence-corrected chi connectivity index (χ2v) is 8.55. The molecule has 3 aromatic carbocycles. The molecule has 0 atom stereocenters. The number of benzene rings is 3. The fourth-order valence-corrected chi connectivity index (χ4v) is 4.72. The number of nitrogens with zero attached hydrogens (tertiary/aromatic N) is 2. The minimum atomic E-state index is 0.0460. The van der Waals surface area contributed by atoms with Gasteiger partial charge in [0.2, 0.25) is 0 Å². The highest BCUT2D eigenvalue weighted by atomic mass is 16.5. The van der Waals surface area contributed by atoms with Gasteiger partial charge in [0.15, 0.2) is 0 Å². The van der Waals surface area contributed by atoms with Gasteiger partial charge in [0.1, 0.15) is 0 Å². The third-order valence-electron chi connectivity index (χ3n) is 6.56. The molecule has 0 spiro atoms. The Hall–Kier alpha value is -3.46. The zero-order valence-electron chi connectivity index (χ0n) is 18.0. The average Bonchev–Trinajstić information content (AvgIpc) is 3.34. The molecular formula is C27H26N4O. The minimum absolute atomic E-state index is 0.0460. The number of aromatic nitrogens is 2. The summed E-state index contributed by atoms with van der Waals surface area (Å²) < 4.78 is 6.40. The zero-order valence-corrected chi connectivity index (χ0v) is 18.0. The Bertz CT molecular complexity index is 1230. The van der Waals surface area contributed by atoms with Gasteiger partial charge in [-0.25, -0.2) is 0 Å². The lowest BCUT2D eigenvalue weighted by molar-refractivity contribution is 0.0570. The molecule has 0 aliphatic carbocycles. The Balaban J connectivity index is 1.40. The van der Waals surface area contributed by atoms with Crippen molar-refractivity contribution in [3.8, 4) is 17.2 Å². The van der Waals surface area contributed by atoms with Gasteiger partial charge in [-0.15, -0.1) is 0 Å². The summed E-state index contributed by atoms with van der Waals surface area (Å²) in [4.78, 5) is 0. The van der Waals surface area contributed by atoms with E-state index in [-0.39, 0.29) is 5.41 Å². The number of piperidine rings is 1. The molecule has 1 aromatic heterocycles. The van der Waals surface area contributed by atoms with Gasteiger partial charge < -0.3 is 10.1 Å². The summed E-state index contributed by atoms with van der Waals surface area (Å²) in [6, 6.07) is 24.9. The molecule has 1 aliphatic heterocycles. The third-order valence-corrected chi connectivity index (χ3v) is 6.56. The molecule has 5 heteroatoms. The molecule has 160 valence electrons. The Morgan fingerprint density at radius 2 is 1.75 bits per heavy atom. The van der Waals surface area contributed by atoms with E-state index in [0.717, 1.165) is 53.5 Å². The van der Waals surface area contributed by atoms with Gasteiger partial charge in [-0.05, 0) is 66.9 Å². The monoisotopic (exact) mass is 422 g/mol. The Morgan fingerprint density at radius 3 is 2.50 bits per heavy atom. The maximum absolute atomic E-state index is 9.08. The topological polar surface area (TPSA) is 73.7 Å². The lowest BCUT2D eigenvalue weighted by atomic mass is 9.74. The van der Waals surface area contributed by atoms with Crippen LogP contribution in [0.4, 0.5) is 0 Å². The number of hydrogen-bond donors (Lipinski definition) is 2. The number of rotatable bonds is 6. The summed E-state index contributed by atoms with van der Waals surface area (Å²) in [5.74, 6) is 0. The Kier molecular flexibility index (Phi) is 5.72. The third kappa shape index (κ3) is 4.03. The molecule has 0 amide bonds. The van der Waals surface area contributed by atoms with Crippen LogP contribution >= 0.6 is 0 Å². The standard InChI is InChI=1S/C27H26N4O/c28-16-20-6-8-21(9-7-20)22-14-23-17-30-31-26(23)24(15-22)18-32-19-27(10-12-29-13-11-27)25-4-2-1-3-5-25/h1-9,14-15,17,29H,10-13,18-19H2,(H,30,31). The molecule has 1 aliphatic rings. The highest BCUT2D eigenvalue weighted by molar-refractivity contribution is 5.87. The van der Waals surface area contributed by atoms with Gasteiger partial charge in [0.05, 0.1) is 36.6 Å². The van der Waals surface area contributed by atoms with Crippen LogP contribution in [0.25, 0.3) is 22.0 Å². The van der Waals surface area contributed by atoms with Crippen LogP contribution in [-0.2, 0) is 16.8 Å². The van der Waals surface area contributed by atoms with Gasteiger partial charge in [-0.3, -0.25) is 5.10 Å². The molecule has 32 heavy (non-hydrogen) atoms. The predicted molar refractivity (Wildman–Crippen MR) is 126 cm³/mol. The van der Waals surface area contributed by atoms with E-state index in [9.17, 15) is 0 Å². The molecular weight excluding hydrogens is 396 g/mol. The second-order valence-electron chi connectivity index (χ2n) is 8.55. The first-order chi connectivity index (χ1) is 15.8. The van der Waals surface area contributed by atoms with Crippen molar-refractivity contribution in [3.05, 3.63) is 89.6 Å². The molecule has 5 rings (SSSR count). The summed E-state index contributed by atoms with van der Waals surface area (Å²) in [5, 5.41) is 21.0. The van der Waals surface area contributed by atoms with Crippen LogP contribution in [-0.4, -0.2) is 29.9 Å². The van der Waals surface area contributed by atoms with Crippen LogP contribution in [0.1, 0.15) is 29.5 Å². The smallest absolute Gasteiger partial charge is 0.0991 e. The van der Waals surface area contributed by atoms with Crippen molar-refractivity contribution < 1.29 is 4.74 Å². The molecule has 0 saturated carbocycles. The number of fused-ring (bicyclic) bond motifs is 1. The molecule has 2 heterocycles. The lowest BCUT2D eigenvalue weighted by Crippen LogP contribution is -2.43. The first-order valence-corrected chi connectivity index (χ1v) is 11.1. The van der Waals surface area contributed by atoms with E-state index in [2.05, 4.69) is 64.0 Å². The number of H-pyrrole nitrogens is 1. The van der Waals surface area contributed by atoms with E-state index in [1.807, 2.05) is 30.5 Å². The van der Waals surface area contributed by atoms with E-state index in [1.165, 1.54) is 5.56 Å². The second kappa shape index (κ2) is 8.96. The molecule has 0 unspecified atom stereocenters. The van der Waals surface area contributed by atoms with Crippen molar-refractivity contribution in [2.45, 2.75) is 24.9 Å².